The molecule has 1 amide bonds. The number of carbonyl (C=O) groups excluding carboxylic acids is 1. The minimum absolute atomic E-state index is 0.0489. The van der Waals surface area contributed by atoms with E-state index in [9.17, 15) is 4.79 Å². The summed E-state index contributed by atoms with van der Waals surface area (Å²) in [4.78, 5) is 12.7. The van der Waals surface area contributed by atoms with Crippen LogP contribution in [0.2, 0.25) is 5.02 Å². The van der Waals surface area contributed by atoms with Crippen LogP contribution < -0.4 is 10.6 Å². The van der Waals surface area contributed by atoms with Gasteiger partial charge in [-0.25, -0.2) is 0 Å². The number of nitrogens with one attached hydrogen (secondary N) is 2. The molecule has 6 heteroatoms. The Morgan fingerprint density at radius 3 is 3.00 bits per heavy atom. The average molecular weight is 287 g/mol. The standard InChI is InChI=1S/C12H15ClN2O2S/c1-2-14-11-7-5-8(13)10(18-4-3-16)6-9(7)15-12(11)17/h5-6,11,14,16H,2-4H2,1H3,(H,15,17). The van der Waals surface area contributed by atoms with Crippen molar-refractivity contribution in [3.63, 3.8) is 0 Å². The van der Waals surface area contributed by atoms with E-state index in [-0.39, 0.29) is 18.6 Å². The van der Waals surface area contributed by atoms with Gasteiger partial charge in [0.15, 0.2) is 0 Å². The number of halogens is 1. The number of aliphatic hydroxyl groups is 1. The molecular formula is C12H15ClN2O2S. The number of likely N-dealkylation sites (N-methyl/N-ethyl adjacent to an activating group) is 1. The first-order chi connectivity index (χ1) is 8.67. The molecule has 2 rings (SSSR count). The Hall–Kier alpha value is -0.750. The summed E-state index contributed by atoms with van der Waals surface area (Å²) in [5, 5.41) is 15.4. The van der Waals surface area contributed by atoms with E-state index in [4.69, 9.17) is 16.7 Å². The van der Waals surface area contributed by atoms with Crippen LogP contribution in [0.4, 0.5) is 5.69 Å². The van der Waals surface area contributed by atoms with Crippen molar-refractivity contribution in [1.29, 1.82) is 0 Å². The van der Waals surface area contributed by atoms with E-state index >= 15 is 0 Å². The van der Waals surface area contributed by atoms with E-state index in [2.05, 4.69) is 10.6 Å². The summed E-state index contributed by atoms with van der Waals surface area (Å²) in [7, 11) is 0. The molecule has 3 N–H and O–H groups in total. The van der Waals surface area contributed by atoms with E-state index in [1.807, 2.05) is 19.1 Å². The number of aliphatic hydroxyl groups excluding tert-OH is 1. The van der Waals surface area contributed by atoms with Gasteiger partial charge < -0.3 is 15.7 Å². The molecule has 1 atom stereocenters. The van der Waals surface area contributed by atoms with Gasteiger partial charge in [0.1, 0.15) is 6.04 Å². The molecule has 0 spiro atoms. The molecule has 98 valence electrons. The van der Waals surface area contributed by atoms with E-state index < -0.39 is 0 Å². The number of carbonyl (C=O) groups is 1. The lowest BCUT2D eigenvalue weighted by Crippen LogP contribution is -2.27. The third kappa shape index (κ3) is 2.64. The SMILES string of the molecule is CCNC1C(=O)Nc2cc(SCCO)c(Cl)cc21. The van der Waals surface area contributed by atoms with Crippen molar-refractivity contribution in [2.45, 2.75) is 17.9 Å². The molecular weight excluding hydrogens is 272 g/mol. The Kier molecular flexibility index (Phi) is 4.50. The summed E-state index contributed by atoms with van der Waals surface area (Å²) >= 11 is 7.66. The fourth-order valence-corrected chi connectivity index (χ4v) is 2.98. The van der Waals surface area contributed by atoms with Gasteiger partial charge in [-0.15, -0.1) is 11.8 Å². The monoisotopic (exact) mass is 286 g/mol. The normalized spacial score (nSPS) is 17.7. The zero-order valence-corrected chi connectivity index (χ0v) is 11.6. The highest BCUT2D eigenvalue weighted by atomic mass is 35.5. The smallest absolute Gasteiger partial charge is 0.246 e. The van der Waals surface area contributed by atoms with Crippen molar-refractivity contribution in [1.82, 2.24) is 5.32 Å². The maximum atomic E-state index is 11.8. The second-order valence-electron chi connectivity index (χ2n) is 3.92. The quantitative estimate of drug-likeness (QED) is 0.725. The highest BCUT2D eigenvalue weighted by Gasteiger charge is 2.30. The number of hydrogen-bond donors (Lipinski definition) is 3. The van der Waals surface area contributed by atoms with Crippen LogP contribution in [0.15, 0.2) is 17.0 Å². The molecule has 1 unspecified atom stereocenters. The van der Waals surface area contributed by atoms with Crippen LogP contribution in [0.1, 0.15) is 18.5 Å². The van der Waals surface area contributed by atoms with Crippen LogP contribution in [0, 0.1) is 0 Å². The van der Waals surface area contributed by atoms with Crippen molar-refractivity contribution in [3.05, 3.63) is 22.7 Å². The van der Waals surface area contributed by atoms with Gasteiger partial charge in [-0.2, -0.15) is 0 Å². The third-order valence-electron chi connectivity index (χ3n) is 2.69. The second kappa shape index (κ2) is 5.93. The largest absolute Gasteiger partial charge is 0.396 e. The number of fused-ring (bicyclic) bond motifs is 1. The second-order valence-corrected chi connectivity index (χ2v) is 5.47. The predicted molar refractivity (Wildman–Crippen MR) is 74.3 cm³/mol. The summed E-state index contributed by atoms with van der Waals surface area (Å²) in [6.07, 6.45) is 0. The van der Waals surface area contributed by atoms with Crippen molar-refractivity contribution < 1.29 is 9.90 Å². The van der Waals surface area contributed by atoms with Crippen LogP contribution in [-0.2, 0) is 4.79 Å². The Labute approximate surface area is 115 Å². The minimum Gasteiger partial charge on any atom is -0.396 e. The van der Waals surface area contributed by atoms with E-state index in [1.165, 1.54) is 11.8 Å². The van der Waals surface area contributed by atoms with Gasteiger partial charge in [0, 0.05) is 21.9 Å². The highest BCUT2D eigenvalue weighted by Crippen LogP contribution is 2.38. The van der Waals surface area contributed by atoms with Crippen LogP contribution in [0.25, 0.3) is 0 Å². The molecule has 18 heavy (non-hydrogen) atoms. The van der Waals surface area contributed by atoms with Crippen molar-refractivity contribution in [3.8, 4) is 0 Å². The molecule has 0 aliphatic carbocycles. The molecule has 1 aliphatic rings. The molecule has 4 nitrogen and oxygen atoms in total. The third-order valence-corrected chi connectivity index (χ3v) is 4.15. The number of anilines is 1. The van der Waals surface area contributed by atoms with Gasteiger partial charge in [-0.3, -0.25) is 4.79 Å². The molecule has 0 saturated carbocycles. The van der Waals surface area contributed by atoms with Crippen molar-refractivity contribution >= 4 is 35.0 Å². The van der Waals surface area contributed by atoms with Gasteiger partial charge in [0.2, 0.25) is 5.91 Å². The fourth-order valence-electron chi connectivity index (χ4n) is 1.93. The minimum atomic E-state index is -0.320. The maximum absolute atomic E-state index is 11.8. The summed E-state index contributed by atoms with van der Waals surface area (Å²) < 4.78 is 0. The number of thioether (sulfide) groups is 1. The van der Waals surface area contributed by atoms with Crippen LogP contribution >= 0.6 is 23.4 Å². The molecule has 1 heterocycles. The number of hydrogen-bond acceptors (Lipinski definition) is 4. The van der Waals surface area contributed by atoms with Crippen molar-refractivity contribution in [2.75, 3.05) is 24.2 Å². The van der Waals surface area contributed by atoms with E-state index in [1.54, 1.807) is 0 Å². The molecule has 0 saturated heterocycles. The molecule has 0 radical (unpaired) electrons. The maximum Gasteiger partial charge on any atom is 0.246 e. The molecule has 0 aromatic heterocycles. The lowest BCUT2D eigenvalue weighted by molar-refractivity contribution is -0.117. The van der Waals surface area contributed by atoms with Gasteiger partial charge in [0.25, 0.3) is 0 Å². The van der Waals surface area contributed by atoms with Gasteiger partial charge in [-0.05, 0) is 18.7 Å². The Bertz CT molecular complexity index is 468. The molecule has 1 aromatic rings. The number of benzene rings is 1. The summed E-state index contributed by atoms with van der Waals surface area (Å²) in [6.45, 7) is 2.78. The average Bonchev–Trinajstić information content (AvgIpc) is 2.64. The van der Waals surface area contributed by atoms with E-state index in [0.717, 1.165) is 22.7 Å². The molecule has 1 aromatic carbocycles. The van der Waals surface area contributed by atoms with Gasteiger partial charge in [0.05, 0.1) is 11.6 Å². The highest BCUT2D eigenvalue weighted by molar-refractivity contribution is 7.99. The van der Waals surface area contributed by atoms with E-state index in [0.29, 0.717) is 10.8 Å². The number of rotatable bonds is 5. The zero-order chi connectivity index (χ0) is 13.1. The summed E-state index contributed by atoms with van der Waals surface area (Å²) in [6, 6.07) is 3.37. The lowest BCUT2D eigenvalue weighted by atomic mass is 10.1. The topological polar surface area (TPSA) is 61.4 Å². The van der Waals surface area contributed by atoms with Gasteiger partial charge >= 0.3 is 0 Å². The van der Waals surface area contributed by atoms with Crippen LogP contribution in [-0.4, -0.2) is 29.9 Å². The van der Waals surface area contributed by atoms with Gasteiger partial charge in [-0.1, -0.05) is 18.5 Å². The molecule has 1 aliphatic heterocycles. The summed E-state index contributed by atoms with van der Waals surface area (Å²) in [5.41, 5.74) is 1.69. The number of amides is 1. The molecule has 0 fully saturated rings. The first-order valence-corrected chi connectivity index (χ1v) is 7.15. The van der Waals surface area contributed by atoms with Crippen molar-refractivity contribution in [2.24, 2.45) is 0 Å². The Balaban J connectivity index is 2.29. The zero-order valence-electron chi connectivity index (χ0n) is 10.00. The van der Waals surface area contributed by atoms with Crippen LogP contribution in [0.3, 0.4) is 0 Å². The summed E-state index contributed by atoms with van der Waals surface area (Å²) in [5.74, 6) is 0.538. The first kappa shape index (κ1) is 13.7. The Morgan fingerprint density at radius 2 is 2.33 bits per heavy atom. The lowest BCUT2D eigenvalue weighted by Gasteiger charge is -2.10. The first-order valence-electron chi connectivity index (χ1n) is 5.78. The van der Waals surface area contributed by atoms with Crippen LogP contribution in [0.5, 0.6) is 0 Å². The Morgan fingerprint density at radius 1 is 1.56 bits per heavy atom. The fraction of sp³-hybridized carbons (Fsp3) is 0.417. The predicted octanol–water partition coefficient (Wildman–Crippen LogP) is 2.03. The molecule has 0 bridgehead atoms.